The number of aryl methyl sites for hydroxylation is 1. The van der Waals surface area contributed by atoms with Crippen molar-refractivity contribution in [2.24, 2.45) is 0 Å². The van der Waals surface area contributed by atoms with E-state index in [1.54, 1.807) is 4.90 Å². The van der Waals surface area contributed by atoms with E-state index in [9.17, 15) is 14.7 Å². The molecule has 3 aliphatic rings. The number of hydrogen-bond acceptors (Lipinski definition) is 3. The summed E-state index contributed by atoms with van der Waals surface area (Å²) < 4.78 is 0. The fourth-order valence-electron chi connectivity index (χ4n) is 5.15. The van der Waals surface area contributed by atoms with E-state index in [-0.39, 0.29) is 11.9 Å². The van der Waals surface area contributed by atoms with Crippen LogP contribution in [0.2, 0.25) is 5.02 Å². The standard InChI is InChI=1S/C20H25ClN2O3/c1-12-8-13(2-5-17(12)21)11-22-14-3-4-15(22)10-16(9-14)23-18(20(25)26)6-7-19(23)24/h2,5,8,14-16,18H,3-4,6-7,9-11H2,1H3,(H,25,26)/t14?,15?,16?,18-/m1/s1. The van der Waals surface area contributed by atoms with Crippen molar-refractivity contribution in [3.05, 3.63) is 34.3 Å². The van der Waals surface area contributed by atoms with Crippen LogP contribution in [0.25, 0.3) is 0 Å². The van der Waals surface area contributed by atoms with E-state index in [4.69, 9.17) is 11.6 Å². The van der Waals surface area contributed by atoms with Gasteiger partial charge >= 0.3 is 5.97 Å². The molecule has 6 heteroatoms. The van der Waals surface area contributed by atoms with Crippen molar-refractivity contribution in [3.8, 4) is 0 Å². The number of carboxylic acid groups (broad SMARTS) is 1. The van der Waals surface area contributed by atoms with Gasteiger partial charge in [0.05, 0.1) is 0 Å². The summed E-state index contributed by atoms with van der Waals surface area (Å²) in [5, 5.41) is 10.3. The zero-order valence-corrected chi connectivity index (χ0v) is 15.8. The molecule has 1 amide bonds. The number of piperidine rings is 1. The lowest BCUT2D eigenvalue weighted by atomic mass is 9.94. The summed E-state index contributed by atoms with van der Waals surface area (Å²) in [6.07, 6.45) is 4.86. The molecule has 3 atom stereocenters. The van der Waals surface area contributed by atoms with Gasteiger partial charge in [0.25, 0.3) is 0 Å². The maximum atomic E-state index is 12.3. The minimum absolute atomic E-state index is 0.0172. The summed E-state index contributed by atoms with van der Waals surface area (Å²) in [7, 11) is 0. The Bertz CT molecular complexity index is 724. The van der Waals surface area contributed by atoms with Crippen LogP contribution in [0, 0.1) is 6.92 Å². The third-order valence-corrected chi connectivity index (χ3v) is 6.80. The van der Waals surface area contributed by atoms with Crippen LogP contribution < -0.4 is 0 Å². The van der Waals surface area contributed by atoms with Crippen molar-refractivity contribution in [3.63, 3.8) is 0 Å². The van der Waals surface area contributed by atoms with E-state index < -0.39 is 12.0 Å². The third kappa shape index (κ3) is 3.12. The van der Waals surface area contributed by atoms with Crippen molar-refractivity contribution in [1.29, 1.82) is 0 Å². The molecule has 0 aromatic heterocycles. The number of carbonyl (C=O) groups excluding carboxylic acids is 1. The fraction of sp³-hybridized carbons (Fsp3) is 0.600. The van der Waals surface area contributed by atoms with Crippen molar-refractivity contribution in [2.45, 2.75) is 76.2 Å². The summed E-state index contributed by atoms with van der Waals surface area (Å²) in [5.74, 6) is -0.842. The molecule has 26 heavy (non-hydrogen) atoms. The minimum atomic E-state index is -0.859. The van der Waals surface area contributed by atoms with E-state index in [0.717, 1.165) is 42.8 Å². The molecule has 0 aliphatic carbocycles. The van der Waals surface area contributed by atoms with E-state index >= 15 is 0 Å². The molecular weight excluding hydrogens is 352 g/mol. The molecule has 1 aromatic rings. The van der Waals surface area contributed by atoms with Gasteiger partial charge in [0.1, 0.15) is 6.04 Å². The summed E-state index contributed by atoms with van der Waals surface area (Å²) in [6.45, 7) is 2.92. The Morgan fingerprint density at radius 3 is 2.50 bits per heavy atom. The van der Waals surface area contributed by atoms with E-state index in [0.29, 0.717) is 24.9 Å². The van der Waals surface area contributed by atoms with Gasteiger partial charge in [-0.2, -0.15) is 0 Å². The molecule has 1 N–H and O–H groups in total. The van der Waals surface area contributed by atoms with E-state index in [2.05, 4.69) is 17.0 Å². The number of halogens is 1. The Hall–Kier alpha value is -1.59. The summed E-state index contributed by atoms with van der Waals surface area (Å²) >= 11 is 6.14. The van der Waals surface area contributed by atoms with Gasteiger partial charge in [0, 0.05) is 36.1 Å². The number of aliphatic carboxylic acids is 1. The number of fused-ring (bicyclic) bond motifs is 2. The van der Waals surface area contributed by atoms with Crippen molar-refractivity contribution in [2.75, 3.05) is 0 Å². The number of likely N-dealkylation sites (tertiary alicyclic amines) is 1. The summed E-state index contributed by atoms with van der Waals surface area (Å²) in [5.41, 5.74) is 2.36. The topological polar surface area (TPSA) is 60.9 Å². The minimum Gasteiger partial charge on any atom is -0.480 e. The molecule has 2 bridgehead atoms. The van der Waals surface area contributed by atoms with E-state index in [1.807, 2.05) is 13.0 Å². The SMILES string of the molecule is Cc1cc(CN2C3CCC2CC(N2C(=O)CC[C@@H]2C(=O)O)C3)ccc1Cl. The first-order valence-electron chi connectivity index (χ1n) is 9.49. The molecule has 0 radical (unpaired) electrons. The number of rotatable bonds is 4. The zero-order valence-electron chi connectivity index (χ0n) is 15.0. The Kier molecular flexibility index (Phi) is 4.70. The van der Waals surface area contributed by atoms with Crippen molar-refractivity contribution >= 4 is 23.5 Å². The summed E-state index contributed by atoms with van der Waals surface area (Å²) in [6, 6.07) is 6.50. The maximum absolute atomic E-state index is 12.3. The highest BCUT2D eigenvalue weighted by Crippen LogP contribution is 2.40. The molecule has 3 fully saturated rings. The maximum Gasteiger partial charge on any atom is 0.326 e. The van der Waals surface area contributed by atoms with Crippen LogP contribution in [0.5, 0.6) is 0 Å². The first-order valence-corrected chi connectivity index (χ1v) is 9.86. The number of nitrogens with zero attached hydrogens (tertiary/aromatic N) is 2. The molecule has 0 spiro atoms. The number of carboxylic acids is 1. The number of amides is 1. The van der Waals surface area contributed by atoms with Crippen molar-refractivity contribution in [1.82, 2.24) is 9.80 Å². The van der Waals surface area contributed by atoms with Crippen LogP contribution >= 0.6 is 11.6 Å². The second-order valence-corrected chi connectivity index (χ2v) is 8.37. The molecular formula is C20H25ClN2O3. The Morgan fingerprint density at radius 1 is 1.19 bits per heavy atom. The van der Waals surface area contributed by atoms with Gasteiger partial charge in [0.2, 0.25) is 5.91 Å². The number of carbonyl (C=O) groups is 2. The van der Waals surface area contributed by atoms with Gasteiger partial charge < -0.3 is 10.0 Å². The highest BCUT2D eigenvalue weighted by Gasteiger charge is 2.47. The number of hydrogen-bond donors (Lipinski definition) is 1. The van der Waals surface area contributed by atoms with Crippen LogP contribution in [0.3, 0.4) is 0 Å². The second kappa shape index (κ2) is 6.86. The average molecular weight is 377 g/mol. The predicted octanol–water partition coefficient (Wildman–Crippen LogP) is 3.22. The van der Waals surface area contributed by atoms with Gasteiger partial charge in [0.15, 0.2) is 0 Å². The second-order valence-electron chi connectivity index (χ2n) is 7.96. The van der Waals surface area contributed by atoms with Gasteiger partial charge in [-0.25, -0.2) is 4.79 Å². The molecule has 5 nitrogen and oxygen atoms in total. The molecule has 0 saturated carbocycles. The van der Waals surface area contributed by atoms with Crippen LogP contribution in [-0.2, 0) is 16.1 Å². The molecule has 3 heterocycles. The molecule has 1 aromatic carbocycles. The van der Waals surface area contributed by atoms with Gasteiger partial charge in [-0.1, -0.05) is 23.7 Å². The fourth-order valence-corrected chi connectivity index (χ4v) is 5.27. The smallest absolute Gasteiger partial charge is 0.326 e. The van der Waals surface area contributed by atoms with Crippen LogP contribution in [-0.4, -0.2) is 51.0 Å². The highest BCUT2D eigenvalue weighted by molar-refractivity contribution is 6.31. The van der Waals surface area contributed by atoms with Gasteiger partial charge in [-0.05, 0) is 56.2 Å². The van der Waals surface area contributed by atoms with E-state index in [1.165, 1.54) is 5.56 Å². The largest absolute Gasteiger partial charge is 0.480 e. The van der Waals surface area contributed by atoms with Gasteiger partial charge in [-0.15, -0.1) is 0 Å². The molecule has 140 valence electrons. The summed E-state index contributed by atoms with van der Waals surface area (Å²) in [4.78, 5) is 28.1. The van der Waals surface area contributed by atoms with Crippen LogP contribution in [0.4, 0.5) is 0 Å². The molecule has 4 rings (SSSR count). The number of benzene rings is 1. The quantitative estimate of drug-likeness (QED) is 0.876. The lowest BCUT2D eigenvalue weighted by Gasteiger charge is -2.43. The Balaban J connectivity index is 1.48. The zero-order chi connectivity index (χ0) is 18.4. The monoisotopic (exact) mass is 376 g/mol. The van der Waals surface area contributed by atoms with Crippen LogP contribution in [0.15, 0.2) is 18.2 Å². The Labute approximate surface area is 158 Å². The van der Waals surface area contributed by atoms with Gasteiger partial charge in [-0.3, -0.25) is 9.69 Å². The highest BCUT2D eigenvalue weighted by atomic mass is 35.5. The lowest BCUT2D eigenvalue weighted by molar-refractivity contribution is -0.149. The lowest BCUT2D eigenvalue weighted by Crippen LogP contribution is -2.53. The average Bonchev–Trinajstić information content (AvgIpc) is 3.07. The molecule has 3 aliphatic heterocycles. The Morgan fingerprint density at radius 2 is 1.88 bits per heavy atom. The molecule has 3 saturated heterocycles. The van der Waals surface area contributed by atoms with Crippen molar-refractivity contribution < 1.29 is 14.7 Å². The first-order chi connectivity index (χ1) is 12.4. The third-order valence-electron chi connectivity index (χ3n) is 6.38. The first kappa shape index (κ1) is 17.8. The van der Waals surface area contributed by atoms with Crippen LogP contribution in [0.1, 0.15) is 49.7 Å². The molecule has 2 unspecified atom stereocenters. The predicted molar refractivity (Wildman–Crippen MR) is 99.1 cm³/mol. The normalized spacial score (nSPS) is 31.6.